The van der Waals surface area contributed by atoms with Crippen LogP contribution in [0.25, 0.3) is 11.5 Å². The van der Waals surface area contributed by atoms with E-state index in [2.05, 4.69) is 10.3 Å². The molecule has 1 saturated heterocycles. The van der Waals surface area contributed by atoms with Crippen LogP contribution in [0.4, 0.5) is 0 Å². The summed E-state index contributed by atoms with van der Waals surface area (Å²) in [6.07, 6.45) is 3.09. The van der Waals surface area contributed by atoms with Crippen molar-refractivity contribution in [2.75, 3.05) is 19.8 Å². The second kappa shape index (κ2) is 6.61. The van der Waals surface area contributed by atoms with Crippen molar-refractivity contribution in [1.29, 1.82) is 0 Å². The third kappa shape index (κ3) is 3.60. The van der Waals surface area contributed by atoms with Crippen LogP contribution in [0.1, 0.15) is 47.8 Å². The third-order valence-corrected chi connectivity index (χ3v) is 4.84. The van der Waals surface area contributed by atoms with Crippen molar-refractivity contribution in [2.24, 2.45) is 0 Å². The van der Waals surface area contributed by atoms with Gasteiger partial charge >= 0.3 is 0 Å². The molecule has 0 spiro atoms. The number of carbonyl (C=O) groups is 1. The van der Waals surface area contributed by atoms with Crippen LogP contribution in [0.15, 0.2) is 34.7 Å². The summed E-state index contributed by atoms with van der Waals surface area (Å²) in [6, 6.07) is 9.58. The molecule has 2 N–H and O–H groups in total. The number of oxazole rings is 1. The summed E-state index contributed by atoms with van der Waals surface area (Å²) >= 11 is 0. The van der Waals surface area contributed by atoms with Gasteiger partial charge in [-0.2, -0.15) is 0 Å². The third-order valence-electron chi connectivity index (χ3n) is 4.84. The van der Waals surface area contributed by atoms with Gasteiger partial charge in [0, 0.05) is 44.1 Å². The van der Waals surface area contributed by atoms with E-state index in [9.17, 15) is 9.90 Å². The molecule has 2 heterocycles. The van der Waals surface area contributed by atoms with Gasteiger partial charge in [0.2, 0.25) is 5.89 Å². The van der Waals surface area contributed by atoms with Crippen LogP contribution >= 0.6 is 0 Å². The molecule has 4 rings (SSSR count). The fourth-order valence-corrected chi connectivity index (χ4v) is 3.08. The van der Waals surface area contributed by atoms with Crippen molar-refractivity contribution in [3.8, 4) is 11.5 Å². The molecule has 6 nitrogen and oxygen atoms in total. The minimum absolute atomic E-state index is 0.201. The van der Waals surface area contributed by atoms with Crippen molar-refractivity contribution in [3.63, 3.8) is 0 Å². The lowest BCUT2D eigenvalue weighted by atomic mass is 9.94. The van der Waals surface area contributed by atoms with Gasteiger partial charge in [0.15, 0.2) is 5.69 Å². The number of carbonyl (C=O) groups excluding carboxylic acids is 1. The van der Waals surface area contributed by atoms with Crippen molar-refractivity contribution in [1.82, 2.24) is 10.3 Å². The standard InChI is InChI=1S/C19H22N2O4/c22-17(20-12-19(23)8-10-24-11-9-19)15-16(13-6-7-13)25-18(21-15)14-4-2-1-3-5-14/h1-5,13,23H,6-12H2,(H,20,22). The first kappa shape index (κ1) is 16.3. The number of hydrogen-bond acceptors (Lipinski definition) is 5. The first-order valence-electron chi connectivity index (χ1n) is 8.79. The van der Waals surface area contributed by atoms with E-state index < -0.39 is 5.60 Å². The lowest BCUT2D eigenvalue weighted by molar-refractivity contribution is -0.0605. The van der Waals surface area contributed by atoms with Crippen LogP contribution in [-0.4, -0.2) is 41.4 Å². The highest BCUT2D eigenvalue weighted by Gasteiger charge is 2.35. The van der Waals surface area contributed by atoms with Crippen molar-refractivity contribution < 1.29 is 19.1 Å². The number of amides is 1. The summed E-state index contributed by atoms with van der Waals surface area (Å²) in [7, 11) is 0. The predicted octanol–water partition coefficient (Wildman–Crippen LogP) is 2.49. The molecule has 1 aliphatic heterocycles. The number of nitrogens with zero attached hydrogens (tertiary/aromatic N) is 1. The topological polar surface area (TPSA) is 84.6 Å². The molecule has 1 aromatic carbocycles. The Labute approximate surface area is 146 Å². The highest BCUT2D eigenvalue weighted by atomic mass is 16.5. The van der Waals surface area contributed by atoms with Crippen LogP contribution in [0.2, 0.25) is 0 Å². The summed E-state index contributed by atoms with van der Waals surface area (Å²) in [5.74, 6) is 1.12. The molecule has 1 saturated carbocycles. The molecule has 0 bridgehead atoms. The van der Waals surface area contributed by atoms with Crippen LogP contribution in [-0.2, 0) is 4.74 Å². The van der Waals surface area contributed by atoms with Crippen LogP contribution < -0.4 is 5.32 Å². The monoisotopic (exact) mass is 342 g/mol. The summed E-state index contributed by atoms with van der Waals surface area (Å²) < 4.78 is 11.2. The highest BCUT2D eigenvalue weighted by Crippen LogP contribution is 2.43. The summed E-state index contributed by atoms with van der Waals surface area (Å²) in [4.78, 5) is 17.1. The van der Waals surface area contributed by atoms with E-state index in [0.29, 0.717) is 43.4 Å². The van der Waals surface area contributed by atoms with Gasteiger partial charge in [0.1, 0.15) is 5.76 Å². The first-order valence-corrected chi connectivity index (χ1v) is 8.79. The molecular weight excluding hydrogens is 320 g/mol. The van der Waals surface area contributed by atoms with Gasteiger partial charge in [-0.3, -0.25) is 4.79 Å². The minimum atomic E-state index is -0.903. The van der Waals surface area contributed by atoms with E-state index in [1.54, 1.807) is 0 Å². The molecular formula is C19H22N2O4. The van der Waals surface area contributed by atoms with E-state index in [1.807, 2.05) is 30.3 Å². The Balaban J connectivity index is 1.52. The molecule has 6 heteroatoms. The number of aliphatic hydroxyl groups is 1. The van der Waals surface area contributed by atoms with Gasteiger partial charge in [-0.1, -0.05) is 18.2 Å². The zero-order valence-corrected chi connectivity index (χ0v) is 14.0. The number of hydrogen-bond donors (Lipinski definition) is 2. The van der Waals surface area contributed by atoms with E-state index in [-0.39, 0.29) is 18.4 Å². The maximum absolute atomic E-state index is 12.7. The SMILES string of the molecule is O=C(NCC1(O)CCOCC1)c1nc(-c2ccccc2)oc1C1CC1. The molecule has 1 aromatic heterocycles. The van der Waals surface area contributed by atoms with Gasteiger partial charge in [-0.15, -0.1) is 0 Å². The fourth-order valence-electron chi connectivity index (χ4n) is 3.08. The van der Waals surface area contributed by atoms with Gasteiger partial charge in [-0.05, 0) is 25.0 Å². The Morgan fingerprint density at radius 3 is 2.64 bits per heavy atom. The van der Waals surface area contributed by atoms with Crippen LogP contribution in [0.5, 0.6) is 0 Å². The lowest BCUT2D eigenvalue weighted by Crippen LogP contribution is -2.46. The molecule has 132 valence electrons. The summed E-state index contributed by atoms with van der Waals surface area (Å²) in [5, 5.41) is 13.3. The maximum Gasteiger partial charge on any atom is 0.273 e. The van der Waals surface area contributed by atoms with Crippen LogP contribution in [0, 0.1) is 0 Å². The summed E-state index contributed by atoms with van der Waals surface area (Å²) in [5.41, 5.74) is 0.295. The van der Waals surface area contributed by atoms with Crippen molar-refractivity contribution in [2.45, 2.75) is 37.2 Å². The van der Waals surface area contributed by atoms with E-state index in [1.165, 1.54) is 0 Å². The highest BCUT2D eigenvalue weighted by molar-refractivity contribution is 5.94. The molecule has 2 fully saturated rings. The van der Waals surface area contributed by atoms with Crippen molar-refractivity contribution >= 4 is 5.91 Å². The number of nitrogens with one attached hydrogen (secondary N) is 1. The van der Waals surface area contributed by atoms with Gasteiger partial charge in [-0.25, -0.2) is 4.98 Å². The number of ether oxygens (including phenoxy) is 1. The average Bonchev–Trinajstić information content (AvgIpc) is 3.39. The Morgan fingerprint density at radius 2 is 1.96 bits per heavy atom. The second-order valence-corrected chi connectivity index (χ2v) is 6.89. The Kier molecular flexibility index (Phi) is 4.31. The quantitative estimate of drug-likeness (QED) is 0.872. The molecule has 2 aromatic rings. The van der Waals surface area contributed by atoms with E-state index >= 15 is 0 Å². The van der Waals surface area contributed by atoms with Gasteiger partial charge in [0.25, 0.3) is 5.91 Å². The smallest absolute Gasteiger partial charge is 0.273 e. The van der Waals surface area contributed by atoms with E-state index in [0.717, 1.165) is 18.4 Å². The molecule has 25 heavy (non-hydrogen) atoms. The zero-order chi connectivity index (χ0) is 17.3. The zero-order valence-electron chi connectivity index (χ0n) is 14.0. The lowest BCUT2D eigenvalue weighted by Gasteiger charge is -2.31. The molecule has 0 atom stereocenters. The second-order valence-electron chi connectivity index (χ2n) is 6.89. The molecule has 0 radical (unpaired) electrons. The summed E-state index contributed by atoms with van der Waals surface area (Å²) in [6.45, 7) is 1.23. The van der Waals surface area contributed by atoms with Gasteiger partial charge < -0.3 is 19.6 Å². The molecule has 2 aliphatic rings. The average molecular weight is 342 g/mol. The maximum atomic E-state index is 12.7. The Bertz CT molecular complexity index is 746. The van der Waals surface area contributed by atoms with Gasteiger partial charge in [0.05, 0.1) is 5.60 Å². The van der Waals surface area contributed by atoms with Crippen molar-refractivity contribution in [3.05, 3.63) is 41.8 Å². The predicted molar refractivity (Wildman–Crippen MR) is 91.3 cm³/mol. The Morgan fingerprint density at radius 1 is 1.24 bits per heavy atom. The first-order chi connectivity index (χ1) is 12.1. The van der Waals surface area contributed by atoms with E-state index in [4.69, 9.17) is 9.15 Å². The molecule has 0 unspecified atom stereocenters. The van der Waals surface area contributed by atoms with Crippen LogP contribution in [0.3, 0.4) is 0 Å². The molecule has 1 amide bonds. The number of rotatable bonds is 5. The normalized spacial score (nSPS) is 19.6. The largest absolute Gasteiger partial charge is 0.440 e. The minimum Gasteiger partial charge on any atom is -0.440 e. The number of aromatic nitrogens is 1. The Hall–Kier alpha value is -2.18. The molecule has 1 aliphatic carbocycles. The number of benzene rings is 1. The fraction of sp³-hybridized carbons (Fsp3) is 0.474.